The summed E-state index contributed by atoms with van der Waals surface area (Å²) in [6.07, 6.45) is 0.809. The summed E-state index contributed by atoms with van der Waals surface area (Å²) in [4.78, 5) is 35.5. The Morgan fingerprint density at radius 2 is 1.88 bits per heavy atom. The highest BCUT2D eigenvalue weighted by Gasteiger charge is 2.18. The van der Waals surface area contributed by atoms with E-state index in [1.165, 1.54) is 0 Å². The molecule has 132 valence electrons. The first-order valence-corrected chi connectivity index (χ1v) is 7.95. The molecule has 7 heteroatoms. The van der Waals surface area contributed by atoms with Crippen molar-refractivity contribution in [3.05, 3.63) is 29.8 Å². The summed E-state index contributed by atoms with van der Waals surface area (Å²) < 4.78 is 10.3. The van der Waals surface area contributed by atoms with Gasteiger partial charge in [-0.1, -0.05) is 19.1 Å². The highest BCUT2D eigenvalue weighted by molar-refractivity contribution is 5.94. The second kappa shape index (κ2) is 10.3. The van der Waals surface area contributed by atoms with Gasteiger partial charge in [0.05, 0.1) is 6.61 Å². The molecule has 0 aliphatic carbocycles. The number of hydrogen-bond donors (Lipinski definition) is 2. The molecule has 0 bridgehead atoms. The monoisotopic (exact) mass is 336 g/mol. The molecule has 24 heavy (non-hydrogen) atoms. The van der Waals surface area contributed by atoms with Crippen LogP contribution in [0.2, 0.25) is 0 Å². The smallest absolute Gasteiger partial charge is 0.342 e. The van der Waals surface area contributed by atoms with Gasteiger partial charge in [0.2, 0.25) is 5.91 Å². The van der Waals surface area contributed by atoms with Crippen molar-refractivity contribution in [1.82, 2.24) is 10.6 Å². The quantitative estimate of drug-likeness (QED) is 0.663. The predicted octanol–water partition coefficient (Wildman–Crippen LogP) is 1.27. The summed E-state index contributed by atoms with van der Waals surface area (Å²) in [6, 6.07) is 5.94. The van der Waals surface area contributed by atoms with Gasteiger partial charge in [-0.15, -0.1) is 0 Å². The Morgan fingerprint density at radius 3 is 2.54 bits per heavy atom. The van der Waals surface area contributed by atoms with Gasteiger partial charge in [-0.25, -0.2) is 4.79 Å². The van der Waals surface area contributed by atoms with E-state index in [-0.39, 0.29) is 11.5 Å². The third kappa shape index (κ3) is 6.28. The molecule has 0 aromatic heterocycles. The summed E-state index contributed by atoms with van der Waals surface area (Å²) in [5, 5.41) is 5.15. The molecule has 7 nitrogen and oxygen atoms in total. The van der Waals surface area contributed by atoms with Crippen LogP contribution in [0.15, 0.2) is 24.3 Å². The second-order valence-electron chi connectivity index (χ2n) is 5.09. The van der Waals surface area contributed by atoms with Crippen LogP contribution >= 0.6 is 0 Å². The minimum Gasteiger partial charge on any atom is -0.493 e. The molecule has 0 aliphatic rings. The normalized spacial score (nSPS) is 11.3. The van der Waals surface area contributed by atoms with Crippen LogP contribution in [0.5, 0.6) is 5.75 Å². The molecule has 2 amide bonds. The van der Waals surface area contributed by atoms with Gasteiger partial charge in [-0.2, -0.15) is 0 Å². The largest absolute Gasteiger partial charge is 0.493 e. The van der Waals surface area contributed by atoms with E-state index in [2.05, 4.69) is 10.6 Å². The molecule has 1 aromatic rings. The van der Waals surface area contributed by atoms with Crippen molar-refractivity contribution in [1.29, 1.82) is 0 Å². The van der Waals surface area contributed by atoms with Crippen molar-refractivity contribution in [3.8, 4) is 5.75 Å². The zero-order chi connectivity index (χ0) is 17.9. The maximum Gasteiger partial charge on any atom is 0.342 e. The molecular formula is C17H24N2O5. The predicted molar refractivity (Wildman–Crippen MR) is 88.8 cm³/mol. The van der Waals surface area contributed by atoms with E-state index in [1.807, 2.05) is 6.92 Å². The lowest BCUT2D eigenvalue weighted by molar-refractivity contribution is -0.130. The minimum absolute atomic E-state index is 0.251. The van der Waals surface area contributed by atoms with Crippen molar-refractivity contribution in [2.45, 2.75) is 33.2 Å². The lowest BCUT2D eigenvalue weighted by atomic mass is 10.2. The summed E-state index contributed by atoms with van der Waals surface area (Å²) in [6.45, 7) is 5.79. The van der Waals surface area contributed by atoms with E-state index in [4.69, 9.17) is 9.47 Å². The number of benzene rings is 1. The van der Waals surface area contributed by atoms with Gasteiger partial charge in [0.25, 0.3) is 5.91 Å². The highest BCUT2D eigenvalue weighted by atomic mass is 16.5. The molecule has 0 spiro atoms. The average Bonchev–Trinajstić information content (AvgIpc) is 2.58. The van der Waals surface area contributed by atoms with Crippen LogP contribution in [0.1, 0.15) is 37.6 Å². The fourth-order valence-corrected chi connectivity index (χ4v) is 1.88. The third-order valence-electron chi connectivity index (χ3n) is 3.06. The molecule has 0 aliphatic heterocycles. The van der Waals surface area contributed by atoms with Crippen LogP contribution in [0.3, 0.4) is 0 Å². The Labute approximate surface area is 141 Å². The first kappa shape index (κ1) is 19.5. The van der Waals surface area contributed by atoms with Crippen LogP contribution in [0.4, 0.5) is 0 Å². The molecule has 0 saturated carbocycles. The van der Waals surface area contributed by atoms with Crippen molar-refractivity contribution in [3.63, 3.8) is 0 Å². The Bertz CT molecular complexity index is 574. The van der Waals surface area contributed by atoms with Crippen LogP contribution < -0.4 is 15.4 Å². The molecule has 1 atom stereocenters. The van der Waals surface area contributed by atoms with Crippen molar-refractivity contribution >= 4 is 17.8 Å². The van der Waals surface area contributed by atoms with Crippen LogP contribution in [-0.4, -0.2) is 43.6 Å². The lowest BCUT2D eigenvalue weighted by Gasteiger charge is -2.14. The van der Waals surface area contributed by atoms with Gasteiger partial charge in [-0.05, 0) is 32.4 Å². The standard InChI is InChI=1S/C17H24N2O5/c1-4-10-18-16(21)12(3)19-15(20)11-24-17(22)13-8-6-7-9-14(13)23-5-2/h6-9,12H,4-5,10-11H2,1-3H3,(H,18,21)(H,19,20)/t12-/m1/s1. The average molecular weight is 336 g/mol. The third-order valence-corrected chi connectivity index (χ3v) is 3.06. The van der Waals surface area contributed by atoms with Gasteiger partial charge >= 0.3 is 5.97 Å². The number of rotatable bonds is 9. The number of nitrogens with one attached hydrogen (secondary N) is 2. The van der Waals surface area contributed by atoms with E-state index in [0.717, 1.165) is 6.42 Å². The molecule has 1 rings (SSSR count). The number of esters is 1. The van der Waals surface area contributed by atoms with Crippen molar-refractivity contribution < 1.29 is 23.9 Å². The molecule has 2 N–H and O–H groups in total. The van der Waals surface area contributed by atoms with E-state index < -0.39 is 24.5 Å². The van der Waals surface area contributed by atoms with Crippen LogP contribution in [0, 0.1) is 0 Å². The molecular weight excluding hydrogens is 312 g/mol. The molecule has 1 aromatic carbocycles. The number of amides is 2. The summed E-state index contributed by atoms with van der Waals surface area (Å²) in [5.41, 5.74) is 0.251. The second-order valence-corrected chi connectivity index (χ2v) is 5.09. The fraction of sp³-hybridized carbons (Fsp3) is 0.471. The van der Waals surface area contributed by atoms with Gasteiger partial charge in [-0.3, -0.25) is 9.59 Å². The van der Waals surface area contributed by atoms with Crippen LogP contribution in [0.25, 0.3) is 0 Å². The molecule has 0 radical (unpaired) electrons. The Hall–Kier alpha value is -2.57. The molecule has 0 unspecified atom stereocenters. The maximum atomic E-state index is 12.0. The highest BCUT2D eigenvalue weighted by Crippen LogP contribution is 2.18. The summed E-state index contributed by atoms with van der Waals surface area (Å²) in [7, 11) is 0. The van der Waals surface area contributed by atoms with Gasteiger partial charge in [0.1, 0.15) is 17.4 Å². The first-order chi connectivity index (χ1) is 11.5. The molecule has 0 heterocycles. The SMILES string of the molecule is CCCNC(=O)[C@@H](C)NC(=O)COC(=O)c1ccccc1OCC. The van der Waals surface area contributed by atoms with Crippen LogP contribution in [-0.2, 0) is 14.3 Å². The number of carbonyl (C=O) groups is 3. The van der Waals surface area contributed by atoms with Crippen molar-refractivity contribution in [2.75, 3.05) is 19.8 Å². The zero-order valence-electron chi connectivity index (χ0n) is 14.3. The first-order valence-electron chi connectivity index (χ1n) is 7.95. The molecule has 0 saturated heterocycles. The summed E-state index contributed by atoms with van der Waals surface area (Å²) >= 11 is 0. The van der Waals surface area contributed by atoms with E-state index >= 15 is 0 Å². The maximum absolute atomic E-state index is 12.0. The number of para-hydroxylation sites is 1. The van der Waals surface area contributed by atoms with Gasteiger partial charge < -0.3 is 20.1 Å². The zero-order valence-corrected chi connectivity index (χ0v) is 14.3. The van der Waals surface area contributed by atoms with E-state index in [9.17, 15) is 14.4 Å². The topological polar surface area (TPSA) is 93.7 Å². The van der Waals surface area contributed by atoms with Gasteiger partial charge in [0, 0.05) is 6.54 Å². The minimum atomic E-state index is -0.696. The fourth-order valence-electron chi connectivity index (χ4n) is 1.88. The number of ether oxygens (including phenoxy) is 2. The van der Waals surface area contributed by atoms with Crippen molar-refractivity contribution in [2.24, 2.45) is 0 Å². The van der Waals surface area contributed by atoms with Gasteiger partial charge in [0.15, 0.2) is 6.61 Å². The summed E-state index contributed by atoms with van der Waals surface area (Å²) in [5.74, 6) is -1.08. The van der Waals surface area contributed by atoms with E-state index in [1.54, 1.807) is 38.1 Å². The Balaban J connectivity index is 2.49. The Morgan fingerprint density at radius 1 is 1.17 bits per heavy atom. The number of carbonyl (C=O) groups excluding carboxylic acids is 3. The van der Waals surface area contributed by atoms with E-state index in [0.29, 0.717) is 18.9 Å². The molecule has 0 fully saturated rings. The lowest BCUT2D eigenvalue weighted by Crippen LogP contribution is -2.46. The Kier molecular flexibility index (Phi) is 8.32. The number of hydrogen-bond acceptors (Lipinski definition) is 5.